The number of benzene rings is 1. The Hall–Kier alpha value is -1.82. The molecule has 170 valence electrons. The standard InChI is InChI=1S/C21H24FIN2O5.ClH/c1-12-8-16(19(26)11-29-6-7-30-21(28)13(2)24)18(25(3)20(12)27)9-14-4-5-15(23)10-17(14)22;/h4-5,8,10,13H,6-7,9,11,24H2,1-3H3;1H/t13-;/m0./s1. The molecule has 1 aromatic heterocycles. The van der Waals surface area contributed by atoms with E-state index in [2.05, 4.69) is 0 Å². The van der Waals surface area contributed by atoms with Gasteiger partial charge in [-0.2, -0.15) is 0 Å². The molecule has 0 unspecified atom stereocenters. The van der Waals surface area contributed by atoms with Crippen molar-refractivity contribution in [3.05, 3.63) is 66.4 Å². The van der Waals surface area contributed by atoms with Crippen molar-refractivity contribution in [2.24, 2.45) is 12.8 Å². The third-order valence-electron chi connectivity index (χ3n) is 4.47. The lowest BCUT2D eigenvalue weighted by Gasteiger charge is -2.15. The highest BCUT2D eigenvalue weighted by Gasteiger charge is 2.19. The third-order valence-corrected chi connectivity index (χ3v) is 5.14. The number of aromatic nitrogens is 1. The van der Waals surface area contributed by atoms with Crippen LogP contribution in [0.25, 0.3) is 0 Å². The fraction of sp³-hybridized carbons (Fsp3) is 0.381. The maximum Gasteiger partial charge on any atom is 0.322 e. The van der Waals surface area contributed by atoms with Crippen LogP contribution in [0.2, 0.25) is 0 Å². The van der Waals surface area contributed by atoms with Crippen LogP contribution in [0.15, 0.2) is 29.1 Å². The van der Waals surface area contributed by atoms with Crippen LogP contribution in [-0.4, -0.2) is 42.2 Å². The van der Waals surface area contributed by atoms with Crippen LogP contribution in [0.3, 0.4) is 0 Å². The Kier molecular flexibility index (Phi) is 10.8. The molecule has 0 aliphatic heterocycles. The maximum absolute atomic E-state index is 14.3. The van der Waals surface area contributed by atoms with Crippen molar-refractivity contribution >= 4 is 46.8 Å². The van der Waals surface area contributed by atoms with E-state index < -0.39 is 17.8 Å². The Morgan fingerprint density at radius 1 is 1.26 bits per heavy atom. The molecule has 31 heavy (non-hydrogen) atoms. The summed E-state index contributed by atoms with van der Waals surface area (Å²) in [5, 5.41) is 0. The van der Waals surface area contributed by atoms with Crippen molar-refractivity contribution in [3.63, 3.8) is 0 Å². The first-order chi connectivity index (χ1) is 14.1. The van der Waals surface area contributed by atoms with Crippen molar-refractivity contribution in [2.45, 2.75) is 26.3 Å². The topological polar surface area (TPSA) is 101 Å². The van der Waals surface area contributed by atoms with Crippen molar-refractivity contribution < 1.29 is 23.5 Å². The highest BCUT2D eigenvalue weighted by atomic mass is 127. The van der Waals surface area contributed by atoms with E-state index in [9.17, 15) is 18.8 Å². The van der Waals surface area contributed by atoms with Crippen molar-refractivity contribution in [1.82, 2.24) is 4.57 Å². The number of hydrogen-bond donors (Lipinski definition) is 1. The minimum absolute atomic E-state index is 0. The Morgan fingerprint density at radius 2 is 1.94 bits per heavy atom. The first kappa shape index (κ1) is 27.2. The van der Waals surface area contributed by atoms with E-state index in [-0.39, 0.29) is 50.0 Å². The third kappa shape index (κ3) is 7.37. The molecule has 0 radical (unpaired) electrons. The zero-order valence-corrected chi connectivity index (χ0v) is 20.4. The quantitative estimate of drug-likeness (QED) is 0.217. The van der Waals surface area contributed by atoms with Gasteiger partial charge in [-0.15, -0.1) is 12.4 Å². The molecule has 0 bridgehead atoms. The summed E-state index contributed by atoms with van der Waals surface area (Å²) in [6.45, 7) is 2.85. The average molecular weight is 567 g/mol. The van der Waals surface area contributed by atoms with Gasteiger partial charge in [0.1, 0.15) is 25.1 Å². The van der Waals surface area contributed by atoms with E-state index in [0.29, 0.717) is 22.4 Å². The Balaban J connectivity index is 0.00000480. The summed E-state index contributed by atoms with van der Waals surface area (Å²) in [4.78, 5) is 36.4. The van der Waals surface area contributed by atoms with Gasteiger partial charge in [-0.1, -0.05) is 6.07 Å². The Bertz CT molecular complexity index is 1010. The Labute approximate surface area is 199 Å². The molecule has 2 rings (SSSR count). The first-order valence-electron chi connectivity index (χ1n) is 9.28. The van der Waals surface area contributed by atoms with Gasteiger partial charge < -0.3 is 19.8 Å². The number of ketones is 1. The Morgan fingerprint density at radius 3 is 2.55 bits per heavy atom. The fourth-order valence-electron chi connectivity index (χ4n) is 2.81. The summed E-state index contributed by atoms with van der Waals surface area (Å²) in [7, 11) is 1.56. The lowest BCUT2D eigenvalue weighted by Crippen LogP contribution is -2.30. The zero-order valence-electron chi connectivity index (χ0n) is 17.4. The molecule has 0 aliphatic carbocycles. The largest absolute Gasteiger partial charge is 0.462 e. The minimum Gasteiger partial charge on any atom is -0.462 e. The molecule has 1 aromatic carbocycles. The lowest BCUT2D eigenvalue weighted by molar-refractivity contribution is -0.146. The number of carbonyl (C=O) groups is 2. The molecule has 0 fully saturated rings. The normalized spacial score (nSPS) is 11.5. The van der Waals surface area contributed by atoms with Crippen LogP contribution in [0, 0.1) is 16.3 Å². The monoisotopic (exact) mass is 566 g/mol. The second-order valence-corrected chi connectivity index (χ2v) is 8.14. The van der Waals surface area contributed by atoms with Gasteiger partial charge in [0.25, 0.3) is 5.56 Å². The number of nitrogens with two attached hydrogens (primary N) is 1. The van der Waals surface area contributed by atoms with Gasteiger partial charge in [-0.05, 0) is 60.2 Å². The molecule has 2 aromatic rings. The SMILES string of the molecule is Cc1cc(C(=O)COCCOC(=O)[C@H](C)N)c(Cc2ccc(I)cc2F)n(C)c1=O.Cl. The molecular weight excluding hydrogens is 542 g/mol. The number of hydrogen-bond acceptors (Lipinski definition) is 6. The molecule has 1 atom stereocenters. The van der Waals surface area contributed by atoms with Crippen molar-refractivity contribution in [2.75, 3.05) is 19.8 Å². The summed E-state index contributed by atoms with van der Waals surface area (Å²) in [6.07, 6.45) is 0.0852. The second-order valence-electron chi connectivity index (χ2n) is 6.90. The van der Waals surface area contributed by atoms with Gasteiger partial charge in [0, 0.05) is 33.9 Å². The van der Waals surface area contributed by atoms with E-state index >= 15 is 0 Å². The molecule has 0 aliphatic rings. The van der Waals surface area contributed by atoms with Crippen LogP contribution < -0.4 is 11.3 Å². The van der Waals surface area contributed by atoms with E-state index in [1.165, 1.54) is 23.6 Å². The van der Waals surface area contributed by atoms with Gasteiger partial charge in [0.05, 0.1) is 6.61 Å². The number of esters is 1. The highest BCUT2D eigenvalue weighted by Crippen LogP contribution is 2.19. The van der Waals surface area contributed by atoms with Gasteiger partial charge in [0.15, 0.2) is 5.78 Å². The molecule has 0 amide bonds. The smallest absolute Gasteiger partial charge is 0.322 e. The fourth-order valence-corrected chi connectivity index (χ4v) is 3.26. The van der Waals surface area contributed by atoms with Gasteiger partial charge in [0.2, 0.25) is 0 Å². The minimum atomic E-state index is -0.732. The van der Waals surface area contributed by atoms with Crippen LogP contribution in [0.4, 0.5) is 4.39 Å². The number of Topliss-reactive ketones (excluding diaryl/α,β-unsaturated/α-hetero) is 1. The molecule has 0 saturated heterocycles. The summed E-state index contributed by atoms with van der Waals surface area (Å²) in [6, 6.07) is 5.57. The number of pyridine rings is 1. The predicted molar refractivity (Wildman–Crippen MR) is 125 cm³/mol. The summed E-state index contributed by atoms with van der Waals surface area (Å²) < 4.78 is 26.6. The number of nitrogens with zero attached hydrogens (tertiary/aromatic N) is 1. The molecule has 1 heterocycles. The van der Waals surface area contributed by atoms with Crippen molar-refractivity contribution in [1.29, 1.82) is 0 Å². The number of aryl methyl sites for hydroxylation is 1. The summed E-state index contributed by atoms with van der Waals surface area (Å²) >= 11 is 2.01. The highest BCUT2D eigenvalue weighted by molar-refractivity contribution is 14.1. The van der Waals surface area contributed by atoms with Gasteiger partial charge >= 0.3 is 5.97 Å². The zero-order chi connectivity index (χ0) is 22.4. The van der Waals surface area contributed by atoms with Gasteiger partial charge in [-0.3, -0.25) is 14.4 Å². The number of rotatable bonds is 9. The van der Waals surface area contributed by atoms with E-state index in [4.69, 9.17) is 15.2 Å². The number of carbonyl (C=O) groups excluding carboxylic acids is 2. The van der Waals surface area contributed by atoms with Crippen LogP contribution >= 0.6 is 35.0 Å². The van der Waals surface area contributed by atoms with E-state index in [1.807, 2.05) is 22.6 Å². The van der Waals surface area contributed by atoms with Crippen molar-refractivity contribution in [3.8, 4) is 0 Å². The first-order valence-corrected chi connectivity index (χ1v) is 10.4. The van der Waals surface area contributed by atoms with Crippen LogP contribution in [-0.2, 0) is 27.7 Å². The number of halogens is 3. The molecule has 2 N–H and O–H groups in total. The number of ether oxygens (including phenoxy) is 2. The summed E-state index contributed by atoms with van der Waals surface area (Å²) in [5.41, 5.74) is 6.62. The molecule has 0 spiro atoms. The maximum atomic E-state index is 14.3. The molecule has 0 saturated carbocycles. The van der Waals surface area contributed by atoms with Crippen LogP contribution in [0.5, 0.6) is 0 Å². The molecule has 7 nitrogen and oxygen atoms in total. The molecule has 10 heteroatoms. The van der Waals surface area contributed by atoms with Gasteiger partial charge in [-0.25, -0.2) is 4.39 Å². The predicted octanol–water partition coefficient (Wildman–Crippen LogP) is 2.54. The van der Waals surface area contributed by atoms with E-state index in [0.717, 1.165) is 3.57 Å². The van der Waals surface area contributed by atoms with Crippen LogP contribution in [0.1, 0.15) is 34.1 Å². The molecular formula is C21H25ClFIN2O5. The lowest BCUT2D eigenvalue weighted by atomic mass is 10.00. The summed E-state index contributed by atoms with van der Waals surface area (Å²) in [5.74, 6) is -1.31. The average Bonchev–Trinajstić information content (AvgIpc) is 2.69. The van der Waals surface area contributed by atoms with E-state index in [1.54, 1.807) is 26.1 Å². The second kappa shape index (κ2) is 12.3.